The van der Waals surface area contributed by atoms with Crippen molar-refractivity contribution in [2.75, 3.05) is 119 Å². The van der Waals surface area contributed by atoms with E-state index in [9.17, 15) is 74.7 Å². The number of rotatable bonds is 36. The number of hydrogen-bond acceptors (Lipinski definition) is 26. The van der Waals surface area contributed by atoms with Gasteiger partial charge in [-0.2, -0.15) is 0 Å². The van der Waals surface area contributed by atoms with Gasteiger partial charge in [0.15, 0.2) is 18.9 Å². The fraction of sp³-hybridized carbons (Fsp3) is 0.760. The summed E-state index contributed by atoms with van der Waals surface area (Å²) < 4.78 is 55.8. The number of benzene rings is 1. The molecule has 0 radical (unpaired) electrons. The molecule has 3 aliphatic heterocycles. The number of ether oxygens (including phenoxy) is 10. The fourth-order valence-corrected chi connectivity index (χ4v) is 8.83. The number of carbonyl (C=O) groups is 6. The summed E-state index contributed by atoms with van der Waals surface area (Å²) >= 11 is 0. The summed E-state index contributed by atoms with van der Waals surface area (Å²) in [6.45, 7) is -0.131. The van der Waals surface area contributed by atoms with Crippen molar-refractivity contribution < 1.29 is 122 Å². The van der Waals surface area contributed by atoms with Crippen LogP contribution < -0.4 is 36.6 Å². The van der Waals surface area contributed by atoms with Gasteiger partial charge in [-0.25, -0.2) is 0 Å². The Balaban J connectivity index is 1.37. The Morgan fingerprint density at radius 1 is 0.500 bits per heavy atom. The molecule has 3 saturated heterocycles. The summed E-state index contributed by atoms with van der Waals surface area (Å²) in [6.07, 6.45) is -16.4. The number of nitrogens with zero attached hydrogens (tertiary/aromatic N) is 1. The third-order valence-electron chi connectivity index (χ3n) is 13.0. The van der Waals surface area contributed by atoms with E-state index in [1.165, 1.54) is 32.8 Å². The van der Waals surface area contributed by atoms with Gasteiger partial charge in [0.05, 0.1) is 106 Å². The molecule has 82 heavy (non-hydrogen) atoms. The van der Waals surface area contributed by atoms with E-state index in [0.29, 0.717) is 11.3 Å². The Labute approximate surface area is 473 Å². The van der Waals surface area contributed by atoms with Crippen LogP contribution in [0.2, 0.25) is 0 Å². The Hall–Kier alpha value is -4.92. The van der Waals surface area contributed by atoms with Crippen molar-refractivity contribution in [3.8, 4) is 5.75 Å². The first-order valence-corrected chi connectivity index (χ1v) is 26.7. The second kappa shape index (κ2) is 36.7. The van der Waals surface area contributed by atoms with E-state index >= 15 is 0 Å². The maximum absolute atomic E-state index is 14.2. The zero-order valence-electron chi connectivity index (χ0n) is 46.3. The molecule has 6 amide bonds. The molecule has 468 valence electrons. The van der Waals surface area contributed by atoms with Crippen LogP contribution >= 0.6 is 0 Å². The Bertz CT molecular complexity index is 2010. The van der Waals surface area contributed by atoms with E-state index in [0.717, 1.165) is 0 Å². The molecular weight excluding hydrogens is 1100 g/mol. The van der Waals surface area contributed by atoms with Crippen LogP contribution in [0, 0.1) is 0 Å². The molecule has 16 atom stereocenters. The summed E-state index contributed by atoms with van der Waals surface area (Å²) in [6, 6.07) is 2.13. The van der Waals surface area contributed by atoms with Gasteiger partial charge in [0.25, 0.3) is 0 Å². The number of amides is 6. The standard InChI is InChI=1S/C50H83N7O25/c1-27(61)54-38-44(69)41(66)33(24-58)80-48(38)77-18-15-74-12-9-51-36(64)22-57(23-37(65)52-10-13-75-16-19-78-49-39(55-28(2)62)45(70)42(67)34(25-59)81-49)32(21-30-5-7-31(73-4)8-6-30)47(72)53-11-14-76-17-20-79-50-40(56-29(3)63)46(71)43(68)35(26-60)82-50/h5-8,32-35,38-46,48-50,58-60,66-71H,9-26H2,1-4H3,(H,51,64)(H,52,65)(H,53,72)(H,54,61)(H,55,62)(H,56,63). The van der Waals surface area contributed by atoms with Gasteiger partial charge in [-0.3, -0.25) is 33.7 Å². The Morgan fingerprint density at radius 2 is 0.841 bits per heavy atom. The lowest BCUT2D eigenvalue weighted by Crippen LogP contribution is -2.64. The summed E-state index contributed by atoms with van der Waals surface area (Å²) in [4.78, 5) is 78.2. The van der Waals surface area contributed by atoms with Gasteiger partial charge < -0.3 is 125 Å². The minimum atomic E-state index is -1.52. The van der Waals surface area contributed by atoms with Crippen molar-refractivity contribution in [2.45, 2.75) is 125 Å². The molecule has 1 aromatic carbocycles. The highest BCUT2D eigenvalue weighted by Gasteiger charge is 2.48. The van der Waals surface area contributed by atoms with Crippen molar-refractivity contribution in [3.63, 3.8) is 0 Å². The van der Waals surface area contributed by atoms with Gasteiger partial charge in [0.2, 0.25) is 35.4 Å². The topological polar surface area (TPSA) is 452 Å². The van der Waals surface area contributed by atoms with E-state index in [1.807, 2.05) is 0 Å². The number of aliphatic hydroxyl groups excluding tert-OH is 9. The number of aliphatic hydroxyl groups is 9. The van der Waals surface area contributed by atoms with E-state index in [2.05, 4.69) is 31.9 Å². The second-order valence-corrected chi connectivity index (χ2v) is 19.2. The lowest BCUT2D eigenvalue weighted by molar-refractivity contribution is -0.272. The first kappa shape index (κ1) is 69.6. The van der Waals surface area contributed by atoms with Crippen molar-refractivity contribution >= 4 is 35.4 Å². The summed E-state index contributed by atoms with van der Waals surface area (Å²) in [5, 5.41) is 107. The quantitative estimate of drug-likeness (QED) is 0.0278. The highest BCUT2D eigenvalue weighted by atomic mass is 16.7. The Morgan fingerprint density at radius 3 is 1.16 bits per heavy atom. The molecule has 4 rings (SSSR count). The SMILES string of the molecule is COc1ccc(CC(C(=O)NCCOCCOC2OC(CO)C(O)C(O)C2NC(C)=O)N(CC(=O)NCCOCCOC2OC(CO)C(O)C(O)C2NC(C)=O)CC(=O)NCCOCCOC2OC(CO)C(O)C(O)C2NC(C)=O)cc1. The van der Waals surface area contributed by atoms with Crippen LogP contribution in [-0.4, -0.2) is 303 Å². The molecule has 0 saturated carbocycles. The van der Waals surface area contributed by atoms with Gasteiger partial charge in [-0.15, -0.1) is 0 Å². The average Bonchev–Trinajstić information content (AvgIpc) is 3.62. The van der Waals surface area contributed by atoms with E-state index in [-0.39, 0.29) is 85.5 Å². The molecule has 15 N–H and O–H groups in total. The summed E-state index contributed by atoms with van der Waals surface area (Å²) in [5.74, 6) is -2.86. The molecule has 3 aliphatic rings. The van der Waals surface area contributed by atoms with Crippen molar-refractivity contribution in [1.29, 1.82) is 0 Å². The van der Waals surface area contributed by atoms with Crippen molar-refractivity contribution in [1.82, 2.24) is 36.8 Å². The third kappa shape index (κ3) is 22.6. The third-order valence-corrected chi connectivity index (χ3v) is 13.0. The number of methoxy groups -OCH3 is 1. The monoisotopic (exact) mass is 1180 g/mol. The van der Waals surface area contributed by atoms with Crippen LogP contribution in [0.15, 0.2) is 24.3 Å². The highest BCUT2D eigenvalue weighted by Crippen LogP contribution is 2.25. The van der Waals surface area contributed by atoms with Crippen LogP contribution in [-0.2, 0) is 77.8 Å². The summed E-state index contributed by atoms with van der Waals surface area (Å²) in [7, 11) is 1.48. The van der Waals surface area contributed by atoms with E-state index in [1.54, 1.807) is 24.3 Å². The van der Waals surface area contributed by atoms with Gasteiger partial charge in [-0.05, 0) is 24.1 Å². The van der Waals surface area contributed by atoms with Crippen LogP contribution in [0.25, 0.3) is 0 Å². The molecule has 3 fully saturated rings. The number of nitrogens with one attached hydrogen (secondary N) is 6. The molecule has 1 aromatic rings. The molecule has 0 bridgehead atoms. The Kier molecular flexibility index (Phi) is 31.1. The minimum Gasteiger partial charge on any atom is -0.497 e. The molecule has 32 nitrogen and oxygen atoms in total. The molecule has 0 aliphatic carbocycles. The average molecular weight is 1180 g/mol. The highest BCUT2D eigenvalue weighted by molar-refractivity contribution is 5.86. The van der Waals surface area contributed by atoms with E-state index in [4.69, 9.17) is 47.4 Å². The smallest absolute Gasteiger partial charge is 0.237 e. The van der Waals surface area contributed by atoms with Gasteiger partial charge in [0, 0.05) is 40.4 Å². The van der Waals surface area contributed by atoms with Gasteiger partial charge >= 0.3 is 0 Å². The van der Waals surface area contributed by atoms with E-state index < -0.39 is 166 Å². The lowest BCUT2D eigenvalue weighted by Gasteiger charge is -2.42. The molecule has 0 spiro atoms. The molecule has 3 heterocycles. The number of hydrogen-bond donors (Lipinski definition) is 15. The van der Waals surface area contributed by atoms with Crippen LogP contribution in [0.1, 0.15) is 26.3 Å². The predicted molar refractivity (Wildman–Crippen MR) is 277 cm³/mol. The zero-order valence-corrected chi connectivity index (χ0v) is 46.3. The van der Waals surface area contributed by atoms with Crippen molar-refractivity contribution in [2.24, 2.45) is 0 Å². The molecule has 16 unspecified atom stereocenters. The van der Waals surface area contributed by atoms with Gasteiger partial charge in [0.1, 0.15) is 78.8 Å². The minimum absolute atomic E-state index is 0.00533. The maximum Gasteiger partial charge on any atom is 0.237 e. The first-order chi connectivity index (χ1) is 39.2. The van der Waals surface area contributed by atoms with Crippen LogP contribution in [0.4, 0.5) is 0 Å². The summed E-state index contributed by atoms with van der Waals surface area (Å²) in [5.41, 5.74) is 0.633. The second-order valence-electron chi connectivity index (χ2n) is 19.2. The first-order valence-electron chi connectivity index (χ1n) is 26.7. The lowest BCUT2D eigenvalue weighted by atomic mass is 9.97. The predicted octanol–water partition coefficient (Wildman–Crippen LogP) is -8.81. The normalized spacial score (nSPS) is 28.6. The largest absolute Gasteiger partial charge is 0.497 e. The maximum atomic E-state index is 14.2. The number of carbonyl (C=O) groups excluding carboxylic acids is 6. The molecule has 0 aromatic heterocycles. The fourth-order valence-electron chi connectivity index (χ4n) is 8.83. The van der Waals surface area contributed by atoms with Crippen LogP contribution in [0.3, 0.4) is 0 Å². The van der Waals surface area contributed by atoms with Crippen molar-refractivity contribution in [3.05, 3.63) is 29.8 Å². The van der Waals surface area contributed by atoms with Crippen LogP contribution in [0.5, 0.6) is 5.75 Å². The molecular formula is C50H83N7O25. The zero-order chi connectivity index (χ0) is 60.3. The van der Waals surface area contributed by atoms with Gasteiger partial charge in [-0.1, -0.05) is 12.1 Å². The molecule has 32 heteroatoms.